The summed E-state index contributed by atoms with van der Waals surface area (Å²) in [6, 6.07) is 14.3. The SMILES string of the molecule is O=C(COc1cccc(Cl)c1Cl)N/N=C\c1cc2ccccc2nc1Cl. The van der Waals surface area contributed by atoms with Crippen molar-refractivity contribution in [2.24, 2.45) is 5.10 Å². The number of benzene rings is 2. The van der Waals surface area contributed by atoms with Gasteiger partial charge in [0, 0.05) is 10.9 Å². The Morgan fingerprint density at radius 1 is 1.15 bits per heavy atom. The van der Waals surface area contributed by atoms with E-state index in [1.165, 1.54) is 6.21 Å². The lowest BCUT2D eigenvalue weighted by molar-refractivity contribution is -0.123. The van der Waals surface area contributed by atoms with Crippen LogP contribution in [-0.2, 0) is 4.79 Å². The molecule has 0 unspecified atom stereocenters. The highest BCUT2D eigenvalue weighted by molar-refractivity contribution is 6.42. The number of amides is 1. The number of hydrogen-bond acceptors (Lipinski definition) is 4. The van der Waals surface area contributed by atoms with Crippen LogP contribution in [0.25, 0.3) is 10.9 Å². The third-order valence-electron chi connectivity index (χ3n) is 3.37. The molecular weight excluding hydrogens is 397 g/mol. The predicted molar refractivity (Wildman–Crippen MR) is 104 cm³/mol. The summed E-state index contributed by atoms with van der Waals surface area (Å²) in [5, 5.41) is 5.69. The number of halogens is 3. The average Bonchev–Trinajstić information content (AvgIpc) is 2.63. The number of rotatable bonds is 5. The number of hydrogen-bond donors (Lipinski definition) is 1. The standard InChI is InChI=1S/C18H12Cl3N3O2/c19-13-5-3-7-15(17(13)20)26-10-16(25)24-22-9-12-8-11-4-1-2-6-14(11)23-18(12)21/h1-9H,10H2,(H,24,25)/b22-9-. The van der Waals surface area contributed by atoms with E-state index in [4.69, 9.17) is 39.5 Å². The van der Waals surface area contributed by atoms with Gasteiger partial charge in [0.25, 0.3) is 5.91 Å². The van der Waals surface area contributed by atoms with Gasteiger partial charge in [-0.1, -0.05) is 59.1 Å². The first kappa shape index (κ1) is 18.5. The molecule has 0 saturated heterocycles. The van der Waals surface area contributed by atoms with E-state index in [1.54, 1.807) is 18.2 Å². The van der Waals surface area contributed by atoms with Gasteiger partial charge in [-0.15, -0.1) is 0 Å². The average molecular weight is 409 g/mol. The van der Waals surface area contributed by atoms with E-state index >= 15 is 0 Å². The van der Waals surface area contributed by atoms with Crippen LogP contribution < -0.4 is 10.2 Å². The summed E-state index contributed by atoms with van der Waals surface area (Å²) in [6.07, 6.45) is 1.42. The number of nitrogens with one attached hydrogen (secondary N) is 1. The molecule has 3 aromatic rings. The Bertz CT molecular complexity index is 993. The van der Waals surface area contributed by atoms with Crippen LogP contribution in [-0.4, -0.2) is 23.7 Å². The lowest BCUT2D eigenvalue weighted by Crippen LogP contribution is -2.24. The summed E-state index contributed by atoms with van der Waals surface area (Å²) >= 11 is 18.0. The van der Waals surface area contributed by atoms with Crippen LogP contribution in [0.3, 0.4) is 0 Å². The number of nitrogens with zero attached hydrogens (tertiary/aromatic N) is 2. The fourth-order valence-corrected chi connectivity index (χ4v) is 2.69. The maximum Gasteiger partial charge on any atom is 0.277 e. The van der Waals surface area contributed by atoms with Crippen LogP contribution in [0.4, 0.5) is 0 Å². The molecule has 0 aliphatic heterocycles. The fraction of sp³-hybridized carbons (Fsp3) is 0.0556. The van der Waals surface area contributed by atoms with Gasteiger partial charge in [0.2, 0.25) is 0 Å². The number of carbonyl (C=O) groups excluding carboxylic acids is 1. The molecule has 2 aromatic carbocycles. The fourth-order valence-electron chi connectivity index (χ4n) is 2.14. The van der Waals surface area contributed by atoms with E-state index in [9.17, 15) is 4.79 Å². The van der Waals surface area contributed by atoms with Crippen molar-refractivity contribution in [1.29, 1.82) is 0 Å². The van der Waals surface area contributed by atoms with Crippen LogP contribution in [0.5, 0.6) is 5.75 Å². The van der Waals surface area contributed by atoms with Crippen molar-refractivity contribution >= 4 is 57.8 Å². The van der Waals surface area contributed by atoms with E-state index in [-0.39, 0.29) is 11.6 Å². The number of aromatic nitrogens is 1. The van der Waals surface area contributed by atoms with Gasteiger partial charge in [-0.05, 0) is 24.3 Å². The van der Waals surface area contributed by atoms with Gasteiger partial charge in [-0.2, -0.15) is 5.10 Å². The Morgan fingerprint density at radius 3 is 2.81 bits per heavy atom. The van der Waals surface area contributed by atoms with Gasteiger partial charge >= 0.3 is 0 Å². The Kier molecular flexibility index (Phi) is 5.93. The van der Waals surface area contributed by atoms with E-state index in [0.717, 1.165) is 10.9 Å². The molecule has 0 saturated carbocycles. The van der Waals surface area contributed by atoms with Gasteiger partial charge in [-0.25, -0.2) is 10.4 Å². The minimum atomic E-state index is -0.456. The van der Waals surface area contributed by atoms with Crippen molar-refractivity contribution in [2.75, 3.05) is 6.61 Å². The molecule has 0 fully saturated rings. The van der Waals surface area contributed by atoms with Gasteiger partial charge in [0.15, 0.2) is 6.61 Å². The maximum absolute atomic E-state index is 11.8. The molecule has 1 heterocycles. The summed E-state index contributed by atoms with van der Waals surface area (Å²) in [7, 11) is 0. The van der Waals surface area contributed by atoms with Crippen LogP contribution in [0.1, 0.15) is 5.56 Å². The maximum atomic E-state index is 11.8. The monoisotopic (exact) mass is 407 g/mol. The molecule has 0 bridgehead atoms. The van der Waals surface area contributed by atoms with Gasteiger partial charge in [-0.3, -0.25) is 4.79 Å². The Hall–Kier alpha value is -2.34. The number of carbonyl (C=O) groups is 1. The quantitative estimate of drug-likeness (QED) is 0.377. The molecule has 0 aliphatic rings. The van der Waals surface area contributed by atoms with Crippen molar-refractivity contribution in [1.82, 2.24) is 10.4 Å². The Labute approximate surface area is 164 Å². The zero-order valence-electron chi connectivity index (χ0n) is 13.2. The highest BCUT2D eigenvalue weighted by Gasteiger charge is 2.08. The van der Waals surface area contributed by atoms with Crippen molar-refractivity contribution in [3.8, 4) is 5.75 Å². The molecular formula is C18H12Cl3N3O2. The van der Waals surface area contributed by atoms with Gasteiger partial charge < -0.3 is 4.74 Å². The van der Waals surface area contributed by atoms with Crippen LogP contribution >= 0.6 is 34.8 Å². The first-order valence-electron chi connectivity index (χ1n) is 7.48. The largest absolute Gasteiger partial charge is 0.482 e. The molecule has 1 amide bonds. The van der Waals surface area contributed by atoms with Crippen LogP contribution in [0.2, 0.25) is 15.2 Å². The zero-order chi connectivity index (χ0) is 18.5. The Morgan fingerprint density at radius 2 is 1.96 bits per heavy atom. The molecule has 5 nitrogen and oxygen atoms in total. The molecule has 0 atom stereocenters. The molecule has 26 heavy (non-hydrogen) atoms. The topological polar surface area (TPSA) is 63.6 Å². The van der Waals surface area contributed by atoms with E-state index in [2.05, 4.69) is 15.5 Å². The van der Waals surface area contributed by atoms with E-state index in [1.807, 2.05) is 30.3 Å². The Balaban J connectivity index is 1.60. The first-order valence-corrected chi connectivity index (χ1v) is 8.62. The minimum Gasteiger partial charge on any atom is -0.482 e. The second kappa shape index (κ2) is 8.36. The number of hydrazone groups is 1. The molecule has 3 rings (SSSR count). The number of ether oxygens (including phenoxy) is 1. The normalized spacial score (nSPS) is 11.0. The number of para-hydroxylation sites is 1. The van der Waals surface area contributed by atoms with Gasteiger partial charge in [0.05, 0.1) is 16.8 Å². The second-order valence-corrected chi connectivity index (χ2v) is 6.34. The van der Waals surface area contributed by atoms with E-state index in [0.29, 0.717) is 21.5 Å². The van der Waals surface area contributed by atoms with Crippen LogP contribution in [0.15, 0.2) is 53.6 Å². The lowest BCUT2D eigenvalue weighted by atomic mass is 10.2. The summed E-state index contributed by atoms with van der Waals surface area (Å²) in [5.41, 5.74) is 3.72. The molecule has 132 valence electrons. The highest BCUT2D eigenvalue weighted by atomic mass is 35.5. The second-order valence-electron chi connectivity index (χ2n) is 5.19. The van der Waals surface area contributed by atoms with E-state index < -0.39 is 5.91 Å². The van der Waals surface area contributed by atoms with Crippen molar-refractivity contribution < 1.29 is 9.53 Å². The summed E-state index contributed by atoms with van der Waals surface area (Å²) in [5.74, 6) is -0.137. The van der Waals surface area contributed by atoms with Crippen molar-refractivity contribution in [3.63, 3.8) is 0 Å². The molecule has 0 radical (unpaired) electrons. The van der Waals surface area contributed by atoms with Crippen molar-refractivity contribution in [3.05, 3.63) is 69.3 Å². The molecule has 1 N–H and O–H groups in total. The third kappa shape index (κ3) is 4.43. The minimum absolute atomic E-state index is 0.250. The van der Waals surface area contributed by atoms with Crippen LogP contribution in [0, 0.1) is 0 Å². The zero-order valence-corrected chi connectivity index (χ0v) is 15.5. The number of pyridine rings is 1. The molecule has 1 aromatic heterocycles. The van der Waals surface area contributed by atoms with Gasteiger partial charge in [0.1, 0.15) is 15.9 Å². The first-order chi connectivity index (χ1) is 12.5. The third-order valence-corrected chi connectivity index (χ3v) is 4.48. The highest BCUT2D eigenvalue weighted by Crippen LogP contribution is 2.31. The summed E-state index contributed by atoms with van der Waals surface area (Å²) < 4.78 is 5.32. The molecule has 0 aliphatic carbocycles. The number of fused-ring (bicyclic) bond motifs is 1. The summed E-state index contributed by atoms with van der Waals surface area (Å²) in [4.78, 5) is 16.1. The molecule has 0 spiro atoms. The predicted octanol–water partition coefficient (Wildman–Crippen LogP) is 4.72. The molecule has 8 heteroatoms. The lowest BCUT2D eigenvalue weighted by Gasteiger charge is -2.07. The van der Waals surface area contributed by atoms with Crippen molar-refractivity contribution in [2.45, 2.75) is 0 Å². The summed E-state index contributed by atoms with van der Waals surface area (Å²) in [6.45, 7) is -0.263. The smallest absolute Gasteiger partial charge is 0.277 e.